The minimum absolute atomic E-state index is 0.207. The summed E-state index contributed by atoms with van der Waals surface area (Å²) in [5.41, 5.74) is 2.42. The Bertz CT molecular complexity index is 600. The molecule has 1 fully saturated rings. The van der Waals surface area contributed by atoms with Gasteiger partial charge in [0.25, 0.3) is 0 Å². The third-order valence-corrected chi connectivity index (χ3v) is 4.20. The van der Waals surface area contributed by atoms with E-state index >= 15 is 0 Å². The summed E-state index contributed by atoms with van der Waals surface area (Å²) in [5.74, 6) is -0.207. The van der Waals surface area contributed by atoms with Crippen LogP contribution >= 0.6 is 0 Å². The average molecular weight is 287 g/mol. The van der Waals surface area contributed by atoms with Gasteiger partial charge in [0.1, 0.15) is 5.82 Å². The van der Waals surface area contributed by atoms with Crippen LogP contribution in [0.1, 0.15) is 49.4 Å². The molecule has 0 atom stereocenters. The van der Waals surface area contributed by atoms with Gasteiger partial charge in [0, 0.05) is 6.20 Å². The topological polar surface area (TPSA) is 29.9 Å². The number of halogens is 1. The molecule has 0 aliphatic heterocycles. The van der Waals surface area contributed by atoms with Gasteiger partial charge in [-0.15, -0.1) is 0 Å². The quantitative estimate of drug-likeness (QED) is 0.900. The van der Waals surface area contributed by atoms with Crippen molar-refractivity contribution in [1.82, 2.24) is 9.78 Å². The van der Waals surface area contributed by atoms with Crippen molar-refractivity contribution in [3.05, 3.63) is 47.5 Å². The van der Waals surface area contributed by atoms with Crippen molar-refractivity contribution in [1.29, 1.82) is 0 Å². The molecule has 2 aromatic rings. The van der Waals surface area contributed by atoms with Crippen LogP contribution in [0.5, 0.6) is 0 Å². The summed E-state index contributed by atoms with van der Waals surface area (Å²) in [4.78, 5) is 0. The number of hydrogen-bond donors (Lipinski definition) is 1. The standard InChI is InChI=1S/C17H22FN3/c1-13-7-8-17(16(18)11-13)19-12-14-9-10-21(20-14)15-5-3-2-4-6-15/h7-11,15,19H,2-6,12H2,1H3. The van der Waals surface area contributed by atoms with E-state index in [9.17, 15) is 4.39 Å². The van der Waals surface area contributed by atoms with Crippen LogP contribution in [0.3, 0.4) is 0 Å². The van der Waals surface area contributed by atoms with E-state index in [1.807, 2.05) is 19.1 Å². The zero-order chi connectivity index (χ0) is 14.7. The predicted molar refractivity (Wildman–Crippen MR) is 82.8 cm³/mol. The van der Waals surface area contributed by atoms with Crippen LogP contribution in [0.25, 0.3) is 0 Å². The Morgan fingerprint density at radius 3 is 2.81 bits per heavy atom. The number of aryl methyl sites for hydroxylation is 1. The molecule has 1 aromatic carbocycles. The molecule has 1 aliphatic carbocycles. The van der Waals surface area contributed by atoms with Crippen LogP contribution in [0.4, 0.5) is 10.1 Å². The number of benzene rings is 1. The lowest BCUT2D eigenvalue weighted by Gasteiger charge is -2.21. The molecule has 1 N–H and O–H groups in total. The van der Waals surface area contributed by atoms with Crippen LogP contribution in [-0.2, 0) is 6.54 Å². The highest BCUT2D eigenvalue weighted by Crippen LogP contribution is 2.27. The second kappa shape index (κ2) is 6.29. The molecule has 0 unspecified atom stereocenters. The lowest BCUT2D eigenvalue weighted by molar-refractivity contribution is 0.328. The molecule has 3 nitrogen and oxygen atoms in total. The molecule has 0 amide bonds. The fourth-order valence-corrected chi connectivity index (χ4v) is 2.97. The van der Waals surface area contributed by atoms with Crippen molar-refractivity contribution in [2.24, 2.45) is 0 Å². The largest absolute Gasteiger partial charge is 0.377 e. The smallest absolute Gasteiger partial charge is 0.146 e. The third-order valence-electron chi connectivity index (χ3n) is 4.20. The van der Waals surface area contributed by atoms with Crippen LogP contribution in [0, 0.1) is 12.7 Å². The Kier molecular flexibility index (Phi) is 4.23. The van der Waals surface area contributed by atoms with Crippen molar-refractivity contribution >= 4 is 5.69 Å². The summed E-state index contributed by atoms with van der Waals surface area (Å²) in [6, 6.07) is 7.80. The fourth-order valence-electron chi connectivity index (χ4n) is 2.97. The van der Waals surface area contributed by atoms with Gasteiger partial charge >= 0.3 is 0 Å². The molecule has 0 bridgehead atoms. The first-order valence-electron chi connectivity index (χ1n) is 7.76. The molecular weight excluding hydrogens is 265 g/mol. The monoisotopic (exact) mass is 287 g/mol. The van der Waals surface area contributed by atoms with Crippen molar-refractivity contribution in [2.45, 2.75) is 51.6 Å². The highest BCUT2D eigenvalue weighted by Gasteiger charge is 2.15. The van der Waals surface area contributed by atoms with Gasteiger partial charge in [-0.2, -0.15) is 5.10 Å². The van der Waals surface area contributed by atoms with Crippen molar-refractivity contribution in [3.8, 4) is 0 Å². The Labute approximate surface area is 125 Å². The van der Waals surface area contributed by atoms with E-state index in [1.165, 1.54) is 32.1 Å². The zero-order valence-electron chi connectivity index (χ0n) is 12.5. The fraction of sp³-hybridized carbons (Fsp3) is 0.471. The van der Waals surface area contributed by atoms with Gasteiger partial charge in [-0.1, -0.05) is 25.3 Å². The van der Waals surface area contributed by atoms with Crippen molar-refractivity contribution < 1.29 is 4.39 Å². The first kappa shape index (κ1) is 14.1. The number of aromatic nitrogens is 2. The Hall–Kier alpha value is -1.84. The minimum Gasteiger partial charge on any atom is -0.377 e. The molecule has 0 saturated heterocycles. The van der Waals surface area contributed by atoms with Crippen molar-refractivity contribution in [2.75, 3.05) is 5.32 Å². The van der Waals surface area contributed by atoms with E-state index in [2.05, 4.69) is 21.3 Å². The van der Waals surface area contributed by atoms with E-state index in [1.54, 1.807) is 12.1 Å². The van der Waals surface area contributed by atoms with Gasteiger partial charge in [-0.3, -0.25) is 4.68 Å². The number of nitrogens with zero attached hydrogens (tertiary/aromatic N) is 2. The van der Waals surface area contributed by atoms with E-state index in [0.717, 1.165) is 11.3 Å². The van der Waals surface area contributed by atoms with Crippen molar-refractivity contribution in [3.63, 3.8) is 0 Å². The highest BCUT2D eigenvalue weighted by atomic mass is 19.1. The van der Waals surface area contributed by atoms with E-state index in [4.69, 9.17) is 0 Å². The lowest BCUT2D eigenvalue weighted by Crippen LogP contribution is -2.14. The lowest BCUT2D eigenvalue weighted by atomic mass is 9.96. The number of rotatable bonds is 4. The van der Waals surface area contributed by atoms with E-state index in [0.29, 0.717) is 18.3 Å². The molecule has 1 heterocycles. The maximum Gasteiger partial charge on any atom is 0.146 e. The third kappa shape index (κ3) is 3.43. The van der Waals surface area contributed by atoms with Gasteiger partial charge < -0.3 is 5.32 Å². The molecule has 1 aliphatic rings. The normalized spacial score (nSPS) is 16.1. The van der Waals surface area contributed by atoms with E-state index in [-0.39, 0.29) is 5.82 Å². The maximum absolute atomic E-state index is 13.8. The number of nitrogens with one attached hydrogen (secondary N) is 1. The zero-order valence-corrected chi connectivity index (χ0v) is 12.5. The molecule has 112 valence electrons. The van der Waals surface area contributed by atoms with Gasteiger partial charge in [-0.25, -0.2) is 4.39 Å². The Morgan fingerprint density at radius 2 is 2.05 bits per heavy atom. The molecule has 0 spiro atoms. The molecule has 1 saturated carbocycles. The van der Waals surface area contributed by atoms with E-state index < -0.39 is 0 Å². The molecular formula is C17H22FN3. The molecule has 21 heavy (non-hydrogen) atoms. The minimum atomic E-state index is -0.207. The highest BCUT2D eigenvalue weighted by molar-refractivity contribution is 5.46. The van der Waals surface area contributed by atoms with Gasteiger partial charge in [0.2, 0.25) is 0 Å². The number of hydrogen-bond acceptors (Lipinski definition) is 2. The first-order valence-corrected chi connectivity index (χ1v) is 7.76. The SMILES string of the molecule is Cc1ccc(NCc2ccn(C3CCCCC3)n2)c(F)c1. The first-order chi connectivity index (χ1) is 10.2. The molecule has 4 heteroatoms. The summed E-state index contributed by atoms with van der Waals surface area (Å²) in [6.07, 6.45) is 8.44. The van der Waals surface area contributed by atoms with Gasteiger partial charge in [0.15, 0.2) is 0 Å². The molecule has 0 radical (unpaired) electrons. The second-order valence-electron chi connectivity index (χ2n) is 5.92. The number of anilines is 1. The van der Waals surface area contributed by atoms with Gasteiger partial charge in [0.05, 0.1) is 24.0 Å². The summed E-state index contributed by atoms with van der Waals surface area (Å²) in [5, 5.41) is 7.75. The Morgan fingerprint density at radius 1 is 1.24 bits per heavy atom. The summed E-state index contributed by atoms with van der Waals surface area (Å²) >= 11 is 0. The Balaban J connectivity index is 1.61. The molecule has 3 rings (SSSR count). The summed E-state index contributed by atoms with van der Waals surface area (Å²) in [7, 11) is 0. The second-order valence-corrected chi connectivity index (χ2v) is 5.92. The summed E-state index contributed by atoms with van der Waals surface area (Å²) < 4.78 is 15.8. The summed E-state index contributed by atoms with van der Waals surface area (Å²) in [6.45, 7) is 2.44. The average Bonchev–Trinajstić information content (AvgIpc) is 2.96. The van der Waals surface area contributed by atoms with Crippen LogP contribution < -0.4 is 5.32 Å². The van der Waals surface area contributed by atoms with Crippen LogP contribution in [0.2, 0.25) is 0 Å². The molecule has 1 aromatic heterocycles. The van der Waals surface area contributed by atoms with Crippen LogP contribution in [0.15, 0.2) is 30.5 Å². The maximum atomic E-state index is 13.8. The van der Waals surface area contributed by atoms with Gasteiger partial charge in [-0.05, 0) is 43.5 Å². The van der Waals surface area contributed by atoms with Crippen LogP contribution in [-0.4, -0.2) is 9.78 Å². The predicted octanol–water partition coefficient (Wildman–Crippen LogP) is 4.45.